The number of rotatable bonds is 8. The molecule has 4 N–H and O–H groups in total. The summed E-state index contributed by atoms with van der Waals surface area (Å²) in [6.45, 7) is 5.94. The number of benzene rings is 3. The lowest BCUT2D eigenvalue weighted by Gasteiger charge is -2.24. The van der Waals surface area contributed by atoms with Gasteiger partial charge in [0.2, 0.25) is 16.0 Å². The number of fused-ring (bicyclic) bond motifs is 1. The van der Waals surface area contributed by atoms with Crippen molar-refractivity contribution < 1.29 is 22.7 Å². The van der Waals surface area contributed by atoms with E-state index in [9.17, 15) is 13.2 Å². The Balaban J connectivity index is 1.65. The number of ether oxygens (including phenoxy) is 2. The van der Waals surface area contributed by atoms with Crippen molar-refractivity contribution in [2.75, 3.05) is 41.1 Å². The number of carbonyl (C=O) groups is 1. The molecule has 0 unspecified atom stereocenters. The zero-order valence-corrected chi connectivity index (χ0v) is 23.8. The van der Waals surface area contributed by atoms with E-state index in [0.717, 1.165) is 17.2 Å². The van der Waals surface area contributed by atoms with Crippen LogP contribution in [0.15, 0.2) is 54.9 Å². The van der Waals surface area contributed by atoms with Crippen LogP contribution in [0.4, 0.5) is 27.8 Å². The van der Waals surface area contributed by atoms with Crippen molar-refractivity contribution in [3.63, 3.8) is 0 Å². The van der Waals surface area contributed by atoms with Crippen molar-refractivity contribution in [3.05, 3.63) is 60.4 Å². The number of hydrogen-bond acceptors (Lipinski definition) is 9. The van der Waals surface area contributed by atoms with E-state index < -0.39 is 16.1 Å². The van der Waals surface area contributed by atoms with Crippen molar-refractivity contribution in [1.29, 1.82) is 0 Å². The SMILES string of the molecule is CNc1ncnc(Oc2ccc(NC(=O)Nc3cc(C(C)(C)C)cc(NS(C)(=O)=O)c3OC)c3ccccc23)n1. The number of anilines is 4. The van der Waals surface area contributed by atoms with E-state index in [2.05, 4.69) is 35.6 Å². The van der Waals surface area contributed by atoms with Crippen LogP contribution in [0.1, 0.15) is 26.3 Å². The maximum atomic E-state index is 13.2. The zero-order chi connectivity index (χ0) is 29.1. The third-order valence-corrected chi connectivity index (χ3v) is 6.40. The molecule has 0 spiro atoms. The fraction of sp³-hybridized carbons (Fsp3) is 0.259. The molecule has 4 rings (SSSR count). The molecule has 2 amide bonds. The Morgan fingerprint density at radius 2 is 1.60 bits per heavy atom. The molecule has 210 valence electrons. The molecule has 0 saturated carbocycles. The molecule has 4 aromatic rings. The normalized spacial score (nSPS) is 11.6. The molecule has 1 aromatic heterocycles. The van der Waals surface area contributed by atoms with E-state index in [0.29, 0.717) is 28.5 Å². The number of hydrogen-bond donors (Lipinski definition) is 4. The second-order valence-corrected chi connectivity index (χ2v) is 11.7. The predicted octanol–water partition coefficient (Wildman–Crippen LogP) is 5.18. The van der Waals surface area contributed by atoms with Gasteiger partial charge < -0.3 is 25.4 Å². The fourth-order valence-corrected chi connectivity index (χ4v) is 4.50. The summed E-state index contributed by atoms with van der Waals surface area (Å²) in [4.78, 5) is 25.5. The minimum absolute atomic E-state index is 0.118. The van der Waals surface area contributed by atoms with Gasteiger partial charge in [-0.05, 0) is 35.2 Å². The minimum atomic E-state index is -3.61. The van der Waals surface area contributed by atoms with Gasteiger partial charge >= 0.3 is 12.0 Å². The summed E-state index contributed by atoms with van der Waals surface area (Å²) in [5, 5.41) is 9.95. The van der Waals surface area contributed by atoms with E-state index in [1.807, 2.05) is 45.0 Å². The molecule has 0 aliphatic heterocycles. The molecule has 0 aliphatic rings. The summed E-state index contributed by atoms with van der Waals surface area (Å²) >= 11 is 0. The number of amides is 2. The Morgan fingerprint density at radius 1 is 0.925 bits per heavy atom. The van der Waals surface area contributed by atoms with Gasteiger partial charge in [-0.3, -0.25) is 4.72 Å². The van der Waals surface area contributed by atoms with Crippen molar-refractivity contribution in [1.82, 2.24) is 15.0 Å². The van der Waals surface area contributed by atoms with E-state index in [-0.39, 0.29) is 22.9 Å². The first-order valence-electron chi connectivity index (χ1n) is 12.2. The Bertz CT molecular complexity index is 1670. The van der Waals surface area contributed by atoms with Gasteiger partial charge in [0.25, 0.3) is 0 Å². The molecule has 0 bridgehead atoms. The van der Waals surface area contributed by atoms with Gasteiger partial charge in [-0.25, -0.2) is 18.2 Å². The third-order valence-electron chi connectivity index (χ3n) is 5.81. The highest BCUT2D eigenvalue weighted by atomic mass is 32.2. The van der Waals surface area contributed by atoms with Gasteiger partial charge in [-0.15, -0.1) is 0 Å². The van der Waals surface area contributed by atoms with Crippen LogP contribution in [0, 0.1) is 0 Å². The lowest BCUT2D eigenvalue weighted by Crippen LogP contribution is -2.22. The lowest BCUT2D eigenvalue weighted by atomic mass is 9.86. The van der Waals surface area contributed by atoms with Crippen LogP contribution in [0.3, 0.4) is 0 Å². The first kappa shape index (κ1) is 28.4. The van der Waals surface area contributed by atoms with Crippen LogP contribution in [-0.4, -0.2) is 49.8 Å². The molecular weight excluding hydrogens is 534 g/mol. The Hall–Kier alpha value is -4.65. The van der Waals surface area contributed by atoms with Gasteiger partial charge in [0.05, 0.1) is 30.4 Å². The molecule has 3 aromatic carbocycles. The number of urea groups is 1. The van der Waals surface area contributed by atoms with Crippen LogP contribution >= 0.6 is 0 Å². The van der Waals surface area contributed by atoms with Crippen molar-refractivity contribution >= 4 is 49.8 Å². The fourth-order valence-electron chi connectivity index (χ4n) is 3.94. The molecular formula is C27H31N7O5S. The van der Waals surface area contributed by atoms with Gasteiger partial charge in [-0.2, -0.15) is 9.97 Å². The number of sulfonamides is 1. The van der Waals surface area contributed by atoms with E-state index in [1.54, 1.807) is 31.3 Å². The minimum Gasteiger partial charge on any atom is -0.492 e. The van der Waals surface area contributed by atoms with Crippen LogP contribution in [0.25, 0.3) is 10.8 Å². The lowest BCUT2D eigenvalue weighted by molar-refractivity contribution is 0.262. The summed E-state index contributed by atoms with van der Waals surface area (Å²) in [6, 6.07) is 13.8. The van der Waals surface area contributed by atoms with Gasteiger partial charge in [0.15, 0.2) is 5.75 Å². The van der Waals surface area contributed by atoms with Gasteiger partial charge in [0.1, 0.15) is 12.1 Å². The Morgan fingerprint density at radius 3 is 2.25 bits per heavy atom. The van der Waals surface area contributed by atoms with E-state index >= 15 is 0 Å². The highest BCUT2D eigenvalue weighted by Gasteiger charge is 2.22. The van der Waals surface area contributed by atoms with E-state index in [1.165, 1.54) is 13.4 Å². The average Bonchev–Trinajstić information content (AvgIpc) is 2.88. The molecule has 0 radical (unpaired) electrons. The smallest absolute Gasteiger partial charge is 0.326 e. The Labute approximate surface area is 232 Å². The number of nitrogens with one attached hydrogen (secondary N) is 4. The molecule has 40 heavy (non-hydrogen) atoms. The average molecular weight is 566 g/mol. The number of nitrogens with zero attached hydrogens (tertiary/aromatic N) is 3. The second kappa shape index (κ2) is 11.2. The monoisotopic (exact) mass is 565 g/mol. The number of carbonyl (C=O) groups excluding carboxylic acids is 1. The summed E-state index contributed by atoms with van der Waals surface area (Å²) in [7, 11) is -0.511. The topological polar surface area (TPSA) is 156 Å². The molecule has 12 nitrogen and oxygen atoms in total. The van der Waals surface area contributed by atoms with Crippen molar-refractivity contribution in [3.8, 4) is 17.5 Å². The number of aromatic nitrogens is 3. The molecule has 0 saturated heterocycles. The largest absolute Gasteiger partial charge is 0.492 e. The van der Waals surface area contributed by atoms with Gasteiger partial charge in [-0.1, -0.05) is 45.0 Å². The highest BCUT2D eigenvalue weighted by Crippen LogP contribution is 2.39. The van der Waals surface area contributed by atoms with E-state index in [4.69, 9.17) is 9.47 Å². The number of methoxy groups -OCH3 is 1. The maximum Gasteiger partial charge on any atom is 0.326 e. The van der Waals surface area contributed by atoms with Crippen molar-refractivity contribution in [2.24, 2.45) is 0 Å². The third kappa shape index (κ3) is 6.67. The summed E-state index contributed by atoms with van der Waals surface area (Å²) < 4.78 is 37.9. The zero-order valence-electron chi connectivity index (χ0n) is 23.0. The van der Waals surface area contributed by atoms with Crippen LogP contribution in [-0.2, 0) is 15.4 Å². The standard InChI is InChI=1S/C27H31N7O5S/c1-27(2,3)16-13-20(23(38-5)21(14-16)34-40(6,36)37)32-25(35)31-19-11-12-22(18-10-8-7-9-17(18)19)39-26-30-15-29-24(28-4)33-26/h7-15,34H,1-6H3,(H2,31,32,35)(H,28,29,30,33). The van der Waals surface area contributed by atoms with Crippen LogP contribution < -0.4 is 30.1 Å². The van der Waals surface area contributed by atoms with Crippen LogP contribution in [0.5, 0.6) is 17.5 Å². The maximum absolute atomic E-state index is 13.2. The molecule has 0 fully saturated rings. The molecule has 1 heterocycles. The highest BCUT2D eigenvalue weighted by molar-refractivity contribution is 7.92. The first-order valence-corrected chi connectivity index (χ1v) is 14.1. The summed E-state index contributed by atoms with van der Waals surface area (Å²) in [6.07, 6.45) is 2.39. The first-order chi connectivity index (χ1) is 18.9. The van der Waals surface area contributed by atoms with Gasteiger partial charge in [0, 0.05) is 17.8 Å². The van der Waals surface area contributed by atoms with Crippen LogP contribution in [0.2, 0.25) is 0 Å². The molecule has 0 aliphatic carbocycles. The molecule has 13 heteroatoms. The second-order valence-electron chi connectivity index (χ2n) is 9.91. The summed E-state index contributed by atoms with van der Waals surface area (Å²) in [5.41, 5.74) is 1.50. The predicted molar refractivity (Wildman–Crippen MR) is 156 cm³/mol. The van der Waals surface area contributed by atoms with Crippen molar-refractivity contribution in [2.45, 2.75) is 26.2 Å². The Kier molecular flexibility index (Phi) is 7.96. The summed E-state index contributed by atoms with van der Waals surface area (Å²) in [5.74, 6) is 1.04. The molecule has 0 atom stereocenters. The quantitative estimate of drug-likeness (QED) is 0.226.